The van der Waals surface area contributed by atoms with E-state index >= 15 is 0 Å². The zero-order chi connectivity index (χ0) is 17.2. The number of benzene rings is 2. The third kappa shape index (κ3) is 3.06. The Morgan fingerprint density at radius 2 is 1.72 bits per heavy atom. The van der Waals surface area contributed by atoms with Crippen molar-refractivity contribution in [3.8, 4) is 5.06 Å². The molecule has 0 spiro atoms. The molecular formula is C21H14O2S2. The molecule has 0 saturated heterocycles. The Balaban J connectivity index is 1.56. The Bertz CT molecular complexity index is 1050. The fraction of sp³-hybridized carbons (Fsp3) is 0. The van der Waals surface area contributed by atoms with Gasteiger partial charge in [0.25, 0.3) is 0 Å². The van der Waals surface area contributed by atoms with E-state index in [1.54, 1.807) is 0 Å². The maximum atomic E-state index is 12.1. The van der Waals surface area contributed by atoms with Crippen molar-refractivity contribution in [2.24, 2.45) is 0 Å². The Morgan fingerprint density at radius 3 is 2.64 bits per heavy atom. The zero-order valence-corrected chi connectivity index (χ0v) is 14.8. The predicted molar refractivity (Wildman–Crippen MR) is 107 cm³/mol. The van der Waals surface area contributed by atoms with Gasteiger partial charge in [-0.2, -0.15) is 0 Å². The molecule has 122 valence electrons. The lowest BCUT2D eigenvalue weighted by Crippen LogP contribution is -1.86. The van der Waals surface area contributed by atoms with E-state index in [-0.39, 0.29) is 5.12 Å². The third-order valence-electron chi connectivity index (χ3n) is 3.96. The minimum atomic E-state index is 0.0799. The number of fused-ring (bicyclic) bond motifs is 2. The lowest BCUT2D eigenvalue weighted by atomic mass is 10.1. The van der Waals surface area contributed by atoms with E-state index < -0.39 is 0 Å². The molecule has 25 heavy (non-hydrogen) atoms. The Morgan fingerprint density at radius 1 is 0.920 bits per heavy atom. The van der Waals surface area contributed by atoms with Gasteiger partial charge in [-0.05, 0) is 36.0 Å². The summed E-state index contributed by atoms with van der Waals surface area (Å²) in [6.45, 7) is 0. The van der Waals surface area contributed by atoms with Crippen LogP contribution in [0.2, 0.25) is 0 Å². The summed E-state index contributed by atoms with van der Waals surface area (Å²) in [6.07, 6.45) is 9.35. The van der Waals surface area contributed by atoms with Crippen molar-refractivity contribution < 1.29 is 9.90 Å². The van der Waals surface area contributed by atoms with Gasteiger partial charge in [0.2, 0.25) is 5.12 Å². The smallest absolute Gasteiger partial charge is 0.224 e. The van der Waals surface area contributed by atoms with Crippen molar-refractivity contribution in [3.05, 3.63) is 84.0 Å². The average molecular weight is 362 g/mol. The summed E-state index contributed by atoms with van der Waals surface area (Å²) in [5.41, 5.74) is 2.55. The molecule has 0 atom stereocenters. The molecule has 1 aromatic heterocycles. The Kier molecular flexibility index (Phi) is 4.30. The number of carbonyl (C=O) groups is 1. The second kappa shape index (κ2) is 6.75. The lowest BCUT2D eigenvalue weighted by molar-refractivity contribution is -0.106. The van der Waals surface area contributed by atoms with Gasteiger partial charge in [0.1, 0.15) is 0 Å². The molecule has 0 amide bonds. The minimum Gasteiger partial charge on any atom is -0.499 e. The second-order valence-corrected chi connectivity index (χ2v) is 7.57. The van der Waals surface area contributed by atoms with Gasteiger partial charge in [-0.1, -0.05) is 66.0 Å². The molecular weight excluding hydrogens is 348 g/mol. The topological polar surface area (TPSA) is 37.3 Å². The van der Waals surface area contributed by atoms with Gasteiger partial charge in [0.15, 0.2) is 5.06 Å². The van der Waals surface area contributed by atoms with Crippen LogP contribution in [-0.4, -0.2) is 10.2 Å². The lowest BCUT2D eigenvalue weighted by Gasteiger charge is -1.95. The highest BCUT2D eigenvalue weighted by Gasteiger charge is 2.24. The van der Waals surface area contributed by atoms with Crippen LogP contribution in [0, 0.1) is 0 Å². The SMILES string of the molecule is O=C1Sc2ccccc2C1=CC=CC=Cc1c(O)sc2ccccc12. The van der Waals surface area contributed by atoms with Crippen LogP contribution in [0.15, 0.2) is 77.7 Å². The summed E-state index contributed by atoms with van der Waals surface area (Å²) in [4.78, 5) is 13.1. The van der Waals surface area contributed by atoms with Crippen molar-refractivity contribution in [2.75, 3.05) is 0 Å². The van der Waals surface area contributed by atoms with E-state index in [0.29, 0.717) is 5.06 Å². The van der Waals surface area contributed by atoms with Crippen molar-refractivity contribution in [1.82, 2.24) is 0 Å². The van der Waals surface area contributed by atoms with Crippen molar-refractivity contribution >= 4 is 49.9 Å². The van der Waals surface area contributed by atoms with Gasteiger partial charge < -0.3 is 5.11 Å². The van der Waals surface area contributed by atoms with Gasteiger partial charge in [0, 0.05) is 31.7 Å². The Labute approximate surface area is 153 Å². The van der Waals surface area contributed by atoms with Crippen LogP contribution in [0.3, 0.4) is 0 Å². The number of rotatable bonds is 3. The number of hydrogen-bond donors (Lipinski definition) is 1. The molecule has 0 bridgehead atoms. The van der Waals surface area contributed by atoms with E-state index in [0.717, 1.165) is 31.7 Å². The van der Waals surface area contributed by atoms with Gasteiger partial charge in [-0.25, -0.2) is 0 Å². The second-order valence-electron chi connectivity index (χ2n) is 5.53. The molecule has 0 aliphatic carbocycles. The normalized spacial score (nSPS) is 15.8. The molecule has 0 unspecified atom stereocenters. The molecule has 0 fully saturated rings. The first-order valence-electron chi connectivity index (χ1n) is 7.81. The van der Waals surface area contributed by atoms with Crippen molar-refractivity contribution in [1.29, 1.82) is 0 Å². The van der Waals surface area contributed by atoms with Gasteiger partial charge in [-0.15, -0.1) is 0 Å². The Hall–Kier alpha value is -2.56. The summed E-state index contributed by atoms with van der Waals surface area (Å²) in [6, 6.07) is 15.8. The molecule has 2 nitrogen and oxygen atoms in total. The fourth-order valence-electron chi connectivity index (χ4n) is 2.78. The first-order valence-corrected chi connectivity index (χ1v) is 9.44. The van der Waals surface area contributed by atoms with E-state index in [9.17, 15) is 9.90 Å². The highest BCUT2D eigenvalue weighted by molar-refractivity contribution is 8.15. The van der Waals surface area contributed by atoms with Gasteiger partial charge >= 0.3 is 0 Å². The standard InChI is InChI=1S/C21H14O2S2/c22-20-16(14-8-4-6-12-18(14)24-20)10-2-1-3-11-17-15-9-5-7-13-19(15)25-21(17)23/h1-13,22H. The van der Waals surface area contributed by atoms with Gasteiger partial charge in [-0.3, -0.25) is 4.79 Å². The van der Waals surface area contributed by atoms with Crippen LogP contribution in [-0.2, 0) is 4.79 Å². The zero-order valence-electron chi connectivity index (χ0n) is 13.2. The molecule has 4 heteroatoms. The first kappa shape index (κ1) is 15.9. The molecule has 1 aliphatic heterocycles. The van der Waals surface area contributed by atoms with Crippen molar-refractivity contribution in [2.45, 2.75) is 4.90 Å². The molecule has 0 saturated carbocycles. The molecule has 2 aromatic carbocycles. The number of thioether (sulfide) groups is 1. The van der Waals surface area contributed by atoms with Crippen LogP contribution >= 0.6 is 23.1 Å². The van der Waals surface area contributed by atoms with Crippen LogP contribution in [0.4, 0.5) is 0 Å². The number of thiophene rings is 1. The molecule has 3 aromatic rings. The molecule has 2 heterocycles. The monoisotopic (exact) mass is 362 g/mol. The summed E-state index contributed by atoms with van der Waals surface area (Å²) in [5.74, 6) is 0. The van der Waals surface area contributed by atoms with Crippen molar-refractivity contribution in [3.63, 3.8) is 0 Å². The summed E-state index contributed by atoms with van der Waals surface area (Å²) in [7, 11) is 0. The molecule has 4 rings (SSSR count). The number of carbonyl (C=O) groups excluding carboxylic acids is 1. The number of allylic oxidation sites excluding steroid dienone is 4. The number of hydrogen-bond acceptors (Lipinski definition) is 4. The summed E-state index contributed by atoms with van der Waals surface area (Å²) >= 11 is 2.65. The molecule has 0 radical (unpaired) electrons. The van der Waals surface area contributed by atoms with E-state index in [1.807, 2.05) is 78.9 Å². The third-order valence-corrected chi connectivity index (χ3v) is 5.93. The molecule has 1 N–H and O–H groups in total. The van der Waals surface area contributed by atoms with Gasteiger partial charge in [0.05, 0.1) is 0 Å². The van der Waals surface area contributed by atoms with E-state index in [2.05, 4.69) is 0 Å². The highest BCUT2D eigenvalue weighted by atomic mass is 32.2. The summed E-state index contributed by atoms with van der Waals surface area (Å²) < 4.78 is 1.07. The fourth-order valence-corrected chi connectivity index (χ4v) is 4.64. The quantitative estimate of drug-likeness (QED) is 0.466. The van der Waals surface area contributed by atoms with E-state index in [1.165, 1.54) is 23.1 Å². The van der Waals surface area contributed by atoms with Crippen LogP contribution in [0.5, 0.6) is 5.06 Å². The van der Waals surface area contributed by atoms with Crippen LogP contribution in [0.1, 0.15) is 11.1 Å². The predicted octanol–water partition coefficient (Wildman–Crippen LogP) is 5.89. The largest absolute Gasteiger partial charge is 0.499 e. The van der Waals surface area contributed by atoms with Crippen LogP contribution in [0.25, 0.3) is 21.7 Å². The van der Waals surface area contributed by atoms with E-state index in [4.69, 9.17) is 0 Å². The maximum absolute atomic E-state index is 12.1. The minimum absolute atomic E-state index is 0.0799. The maximum Gasteiger partial charge on any atom is 0.224 e. The molecule has 1 aliphatic rings. The van der Waals surface area contributed by atoms with Crippen LogP contribution < -0.4 is 0 Å². The highest BCUT2D eigenvalue weighted by Crippen LogP contribution is 2.40. The number of aromatic hydroxyl groups is 1. The average Bonchev–Trinajstić information content (AvgIpc) is 3.11. The summed E-state index contributed by atoms with van der Waals surface area (Å²) in [5, 5.41) is 11.5. The first-order chi connectivity index (χ1) is 12.2.